The third kappa shape index (κ3) is 6.12. The van der Waals surface area contributed by atoms with Gasteiger partial charge in [-0.1, -0.05) is 27.7 Å². The maximum absolute atomic E-state index is 14.3. The molecule has 37 heavy (non-hydrogen) atoms. The summed E-state index contributed by atoms with van der Waals surface area (Å²) in [6.45, 7) is 9.42. The van der Waals surface area contributed by atoms with Gasteiger partial charge in [0.1, 0.15) is 29.4 Å². The van der Waals surface area contributed by atoms with E-state index >= 15 is 0 Å². The first-order valence-corrected chi connectivity index (χ1v) is 11.6. The standard InChI is InChI=1S/C27H28F2N4O4/c1-6-22(26(35)36)33(19-8-10-24(17(11-19)13-30)37-15-27(3,4)5)25(34)20-14-32(31-16(20)2)23-9-7-18(28)12-21(23)29/h7-12,14,22H,6,15H2,1-5H3,(H,35,36). The van der Waals surface area contributed by atoms with Crippen LogP contribution in [0.25, 0.3) is 5.69 Å². The number of carbonyl (C=O) groups excluding carboxylic acids is 1. The van der Waals surface area contributed by atoms with E-state index in [1.807, 2.05) is 26.8 Å². The van der Waals surface area contributed by atoms with E-state index in [2.05, 4.69) is 5.10 Å². The van der Waals surface area contributed by atoms with Crippen molar-refractivity contribution in [3.05, 3.63) is 71.1 Å². The largest absolute Gasteiger partial charge is 0.492 e. The molecule has 10 heteroatoms. The van der Waals surface area contributed by atoms with Gasteiger partial charge in [-0.05, 0) is 49.1 Å². The van der Waals surface area contributed by atoms with Gasteiger partial charge in [-0.2, -0.15) is 10.4 Å². The number of nitrogens with zero attached hydrogens (tertiary/aromatic N) is 4. The second-order valence-electron chi connectivity index (χ2n) is 9.75. The van der Waals surface area contributed by atoms with Crippen LogP contribution in [0.5, 0.6) is 5.75 Å². The molecule has 2 aromatic carbocycles. The SMILES string of the molecule is CCC(C(=O)O)N(C(=O)c1cn(-c2ccc(F)cc2F)nc1C)c1ccc(OCC(C)(C)C)c(C#N)c1. The summed E-state index contributed by atoms with van der Waals surface area (Å²) >= 11 is 0. The van der Waals surface area contributed by atoms with Crippen molar-refractivity contribution in [1.82, 2.24) is 9.78 Å². The number of benzene rings is 2. The molecule has 0 aliphatic carbocycles. The van der Waals surface area contributed by atoms with Crippen LogP contribution in [0.4, 0.5) is 14.5 Å². The number of aliphatic carboxylic acids is 1. The number of rotatable bonds is 8. The van der Waals surface area contributed by atoms with Crippen LogP contribution in [-0.2, 0) is 4.79 Å². The van der Waals surface area contributed by atoms with Crippen LogP contribution in [0.1, 0.15) is 55.7 Å². The highest BCUT2D eigenvalue weighted by atomic mass is 19.1. The molecule has 0 radical (unpaired) electrons. The molecule has 0 bridgehead atoms. The number of aromatic nitrogens is 2. The van der Waals surface area contributed by atoms with Gasteiger partial charge >= 0.3 is 5.97 Å². The van der Waals surface area contributed by atoms with Crippen LogP contribution in [0, 0.1) is 35.3 Å². The Kier molecular flexibility index (Phi) is 7.96. The zero-order valence-corrected chi connectivity index (χ0v) is 21.2. The fraction of sp³-hybridized carbons (Fsp3) is 0.333. The zero-order chi connectivity index (χ0) is 27.5. The lowest BCUT2D eigenvalue weighted by Crippen LogP contribution is -2.45. The number of carboxylic acid groups (broad SMARTS) is 1. The monoisotopic (exact) mass is 510 g/mol. The topological polar surface area (TPSA) is 108 Å². The van der Waals surface area contributed by atoms with Crippen molar-refractivity contribution in [3.8, 4) is 17.5 Å². The van der Waals surface area contributed by atoms with Crippen LogP contribution in [0.3, 0.4) is 0 Å². The summed E-state index contributed by atoms with van der Waals surface area (Å²) in [5.74, 6) is -3.26. The molecule has 1 unspecified atom stereocenters. The number of amides is 1. The molecule has 0 saturated heterocycles. The third-order valence-corrected chi connectivity index (χ3v) is 5.51. The Bertz CT molecular complexity index is 1370. The van der Waals surface area contributed by atoms with Crippen LogP contribution in [0.15, 0.2) is 42.6 Å². The molecule has 0 aliphatic rings. The highest BCUT2D eigenvalue weighted by Gasteiger charge is 2.33. The summed E-state index contributed by atoms with van der Waals surface area (Å²) in [6, 6.07) is 8.17. The number of carbonyl (C=O) groups is 2. The van der Waals surface area contributed by atoms with Crippen molar-refractivity contribution in [1.29, 1.82) is 5.26 Å². The molecule has 1 atom stereocenters. The van der Waals surface area contributed by atoms with Crippen LogP contribution in [0.2, 0.25) is 0 Å². The predicted molar refractivity (Wildman–Crippen MR) is 133 cm³/mol. The summed E-state index contributed by atoms with van der Waals surface area (Å²) < 4.78 is 34.6. The average Bonchev–Trinajstić information content (AvgIpc) is 3.21. The minimum absolute atomic E-state index is 0.0231. The van der Waals surface area contributed by atoms with Gasteiger partial charge in [-0.3, -0.25) is 9.69 Å². The summed E-state index contributed by atoms with van der Waals surface area (Å²) in [5.41, 5.74) is 0.317. The van der Waals surface area contributed by atoms with Crippen molar-refractivity contribution in [2.24, 2.45) is 5.41 Å². The Morgan fingerprint density at radius 3 is 2.49 bits per heavy atom. The first kappa shape index (κ1) is 27.3. The Hall–Kier alpha value is -4.26. The van der Waals surface area contributed by atoms with E-state index in [1.165, 1.54) is 37.4 Å². The smallest absolute Gasteiger partial charge is 0.326 e. The number of nitriles is 1. The van der Waals surface area contributed by atoms with E-state index in [0.29, 0.717) is 18.4 Å². The van der Waals surface area contributed by atoms with Crippen molar-refractivity contribution in [3.63, 3.8) is 0 Å². The van der Waals surface area contributed by atoms with Crippen LogP contribution >= 0.6 is 0 Å². The molecule has 1 heterocycles. The molecule has 1 aromatic heterocycles. The van der Waals surface area contributed by atoms with Crippen LogP contribution in [-0.4, -0.2) is 39.4 Å². The zero-order valence-electron chi connectivity index (χ0n) is 21.2. The van der Waals surface area contributed by atoms with E-state index in [0.717, 1.165) is 15.6 Å². The molecule has 0 spiro atoms. The highest BCUT2D eigenvalue weighted by molar-refractivity contribution is 6.09. The van der Waals surface area contributed by atoms with E-state index < -0.39 is 29.6 Å². The normalized spacial score (nSPS) is 12.1. The molecule has 0 aliphatic heterocycles. The van der Waals surface area contributed by atoms with Gasteiger partial charge in [0.05, 0.1) is 23.4 Å². The minimum atomic E-state index is -1.26. The Balaban J connectivity index is 2.07. The maximum Gasteiger partial charge on any atom is 0.326 e. The predicted octanol–water partition coefficient (Wildman–Crippen LogP) is 5.27. The fourth-order valence-electron chi connectivity index (χ4n) is 3.67. The number of halogens is 2. The molecule has 0 fully saturated rings. The molecule has 0 saturated carbocycles. The van der Waals surface area contributed by atoms with Crippen molar-refractivity contribution < 1.29 is 28.2 Å². The van der Waals surface area contributed by atoms with E-state index in [1.54, 1.807) is 6.92 Å². The molecule has 8 nitrogen and oxygen atoms in total. The quantitative estimate of drug-likeness (QED) is 0.443. The lowest BCUT2D eigenvalue weighted by Gasteiger charge is -2.29. The van der Waals surface area contributed by atoms with Crippen molar-refractivity contribution in [2.75, 3.05) is 11.5 Å². The van der Waals surface area contributed by atoms with E-state index in [4.69, 9.17) is 4.74 Å². The van der Waals surface area contributed by atoms with E-state index in [-0.39, 0.29) is 40.0 Å². The molecule has 194 valence electrons. The van der Waals surface area contributed by atoms with Crippen molar-refractivity contribution in [2.45, 2.75) is 47.1 Å². The van der Waals surface area contributed by atoms with Gasteiger partial charge in [-0.25, -0.2) is 18.3 Å². The number of hydrogen-bond acceptors (Lipinski definition) is 5. The van der Waals surface area contributed by atoms with Crippen molar-refractivity contribution >= 4 is 17.6 Å². The molecular weight excluding hydrogens is 482 g/mol. The summed E-state index contributed by atoms with van der Waals surface area (Å²) in [7, 11) is 0. The van der Waals surface area contributed by atoms with E-state index in [9.17, 15) is 28.7 Å². The lowest BCUT2D eigenvalue weighted by atomic mass is 9.98. The molecule has 1 amide bonds. The molecular formula is C27H28F2N4O4. The molecule has 1 N–H and O–H groups in total. The van der Waals surface area contributed by atoms with Gasteiger partial charge in [0.2, 0.25) is 0 Å². The first-order chi connectivity index (χ1) is 17.4. The Morgan fingerprint density at radius 2 is 1.92 bits per heavy atom. The third-order valence-electron chi connectivity index (χ3n) is 5.51. The van der Waals surface area contributed by atoms with Gasteiger partial charge in [0.25, 0.3) is 5.91 Å². The molecule has 3 aromatic rings. The van der Waals surface area contributed by atoms with Gasteiger partial charge in [0.15, 0.2) is 5.82 Å². The van der Waals surface area contributed by atoms with Gasteiger partial charge in [0, 0.05) is 18.0 Å². The number of aryl methyl sites for hydroxylation is 1. The Labute approximate surface area is 213 Å². The highest BCUT2D eigenvalue weighted by Crippen LogP contribution is 2.30. The first-order valence-electron chi connectivity index (χ1n) is 11.6. The number of ether oxygens (including phenoxy) is 1. The molecule has 3 rings (SSSR count). The lowest BCUT2D eigenvalue weighted by molar-refractivity contribution is -0.138. The fourth-order valence-corrected chi connectivity index (χ4v) is 3.67. The van der Waals surface area contributed by atoms with Gasteiger partial charge in [-0.15, -0.1) is 0 Å². The Morgan fingerprint density at radius 1 is 1.22 bits per heavy atom. The van der Waals surface area contributed by atoms with Crippen LogP contribution < -0.4 is 9.64 Å². The summed E-state index contributed by atoms with van der Waals surface area (Å²) in [4.78, 5) is 26.9. The second kappa shape index (κ2) is 10.8. The van der Waals surface area contributed by atoms with Gasteiger partial charge < -0.3 is 9.84 Å². The number of carboxylic acids is 1. The number of hydrogen-bond donors (Lipinski definition) is 1. The maximum atomic E-state index is 14.3. The minimum Gasteiger partial charge on any atom is -0.492 e. The second-order valence-corrected chi connectivity index (χ2v) is 9.75. The summed E-state index contributed by atoms with van der Waals surface area (Å²) in [6.07, 6.45) is 1.34. The summed E-state index contributed by atoms with van der Waals surface area (Å²) in [5, 5.41) is 23.8. The number of anilines is 1. The average molecular weight is 511 g/mol.